The van der Waals surface area contributed by atoms with Gasteiger partial charge in [-0.25, -0.2) is 9.07 Å². The summed E-state index contributed by atoms with van der Waals surface area (Å²) in [5.41, 5.74) is 2.60. The van der Waals surface area contributed by atoms with Crippen molar-refractivity contribution in [1.29, 1.82) is 0 Å². The quantitative estimate of drug-likeness (QED) is 0.562. The minimum atomic E-state index is -0.323. The number of thioether (sulfide) groups is 1. The highest BCUT2D eigenvalue weighted by molar-refractivity contribution is 7.98. The molecule has 0 saturated heterocycles. The number of aromatic nitrogens is 2. The average molecular weight is 441 g/mol. The van der Waals surface area contributed by atoms with Crippen LogP contribution >= 0.6 is 11.8 Å². The minimum Gasteiger partial charge on any atom is -0.484 e. The van der Waals surface area contributed by atoms with Gasteiger partial charge in [0.1, 0.15) is 23.9 Å². The van der Waals surface area contributed by atoms with Crippen molar-refractivity contribution >= 4 is 29.4 Å². The summed E-state index contributed by atoms with van der Waals surface area (Å²) in [4.78, 5) is 24.9. The van der Waals surface area contributed by atoms with Gasteiger partial charge in [-0.2, -0.15) is 16.9 Å². The Morgan fingerprint density at radius 3 is 2.61 bits per heavy atom. The predicted molar refractivity (Wildman–Crippen MR) is 116 cm³/mol. The summed E-state index contributed by atoms with van der Waals surface area (Å²) in [6.45, 7) is 0.102. The van der Waals surface area contributed by atoms with Crippen molar-refractivity contribution in [3.63, 3.8) is 0 Å². The summed E-state index contributed by atoms with van der Waals surface area (Å²) in [5, 5.41) is 10.1. The Labute approximate surface area is 183 Å². The molecule has 2 heterocycles. The van der Waals surface area contributed by atoms with E-state index in [1.54, 1.807) is 36.0 Å². The van der Waals surface area contributed by atoms with E-state index >= 15 is 0 Å². The Balaban J connectivity index is 1.38. The molecule has 1 aliphatic heterocycles. The molecule has 0 radical (unpaired) electrons. The van der Waals surface area contributed by atoms with Gasteiger partial charge in [-0.05, 0) is 29.8 Å². The van der Waals surface area contributed by atoms with Crippen molar-refractivity contribution in [2.45, 2.75) is 24.6 Å². The van der Waals surface area contributed by atoms with Crippen molar-refractivity contribution in [1.82, 2.24) is 15.1 Å². The molecule has 0 aliphatic carbocycles. The van der Waals surface area contributed by atoms with Crippen LogP contribution in [-0.2, 0) is 34.2 Å². The fourth-order valence-corrected chi connectivity index (χ4v) is 4.18. The molecule has 0 fully saturated rings. The first-order valence-electron chi connectivity index (χ1n) is 9.73. The number of fused-ring (bicyclic) bond motifs is 1. The highest BCUT2D eigenvalue weighted by Crippen LogP contribution is 2.34. The van der Waals surface area contributed by atoms with Crippen LogP contribution in [0.15, 0.2) is 54.6 Å². The Bertz CT molecular complexity index is 1070. The minimum absolute atomic E-state index is 0.0337. The molecule has 2 amide bonds. The average Bonchev–Trinajstić information content (AvgIpc) is 3.35. The van der Waals surface area contributed by atoms with Gasteiger partial charge in [0, 0.05) is 23.6 Å². The van der Waals surface area contributed by atoms with Crippen molar-refractivity contribution in [2.75, 3.05) is 11.9 Å². The molecule has 0 atom stereocenters. The zero-order valence-electron chi connectivity index (χ0n) is 16.6. The van der Waals surface area contributed by atoms with Crippen LogP contribution in [-0.4, -0.2) is 28.2 Å². The summed E-state index contributed by atoms with van der Waals surface area (Å²) >= 11 is 1.71. The van der Waals surface area contributed by atoms with Gasteiger partial charge in [0.25, 0.3) is 5.91 Å². The number of benzene rings is 2. The highest BCUT2D eigenvalue weighted by atomic mass is 32.2. The largest absolute Gasteiger partial charge is 0.484 e. The van der Waals surface area contributed by atoms with E-state index < -0.39 is 0 Å². The second kappa shape index (κ2) is 9.65. The molecular weight excluding hydrogens is 419 g/mol. The number of para-hydroxylation sites is 1. The number of nitrogens with one attached hydrogen (secondary N) is 2. The number of hydrogen-bond acceptors (Lipinski definition) is 5. The van der Waals surface area contributed by atoms with Crippen LogP contribution in [0.1, 0.15) is 16.8 Å². The lowest BCUT2D eigenvalue weighted by molar-refractivity contribution is -0.122. The summed E-state index contributed by atoms with van der Waals surface area (Å²) in [6.07, 6.45) is 0. The maximum absolute atomic E-state index is 13.0. The molecule has 7 nitrogen and oxygen atoms in total. The van der Waals surface area contributed by atoms with Gasteiger partial charge in [-0.1, -0.05) is 30.3 Å². The van der Waals surface area contributed by atoms with Gasteiger partial charge < -0.3 is 15.4 Å². The first kappa shape index (κ1) is 20.9. The van der Waals surface area contributed by atoms with Crippen molar-refractivity contribution < 1.29 is 18.7 Å². The lowest BCUT2D eigenvalue weighted by atomic mass is 10.2. The van der Waals surface area contributed by atoms with Crippen LogP contribution in [0.5, 0.6) is 5.75 Å². The van der Waals surface area contributed by atoms with Gasteiger partial charge in [0.2, 0.25) is 5.91 Å². The molecule has 9 heteroatoms. The second-order valence-electron chi connectivity index (χ2n) is 6.98. The van der Waals surface area contributed by atoms with Gasteiger partial charge in [-0.15, -0.1) is 0 Å². The van der Waals surface area contributed by atoms with Crippen LogP contribution in [0.25, 0.3) is 0 Å². The topological polar surface area (TPSA) is 85.2 Å². The number of carbonyl (C=O) groups is 2. The fourth-order valence-electron chi connectivity index (χ4n) is 3.15. The lowest BCUT2D eigenvalue weighted by Crippen LogP contribution is -2.29. The van der Waals surface area contributed by atoms with E-state index in [1.807, 2.05) is 18.2 Å². The SMILES string of the molecule is O=C(Cn1nc2c(c1NC(=O)COc1ccccc1)CSC2)NCc1ccc(F)cc1. The molecule has 160 valence electrons. The fraction of sp³-hybridized carbons (Fsp3) is 0.227. The van der Waals surface area contributed by atoms with Crippen LogP contribution in [0.2, 0.25) is 0 Å². The van der Waals surface area contributed by atoms with Crippen LogP contribution in [0, 0.1) is 5.82 Å². The summed E-state index contributed by atoms with van der Waals surface area (Å²) in [5.74, 6) is 1.69. The van der Waals surface area contributed by atoms with Crippen molar-refractivity contribution in [3.8, 4) is 5.75 Å². The van der Waals surface area contributed by atoms with Gasteiger partial charge in [0.05, 0.1) is 5.69 Å². The Hall–Kier alpha value is -3.33. The summed E-state index contributed by atoms with van der Waals surface area (Å²) in [6, 6.07) is 15.0. The molecule has 0 saturated carbocycles. The molecule has 3 aromatic rings. The van der Waals surface area contributed by atoms with E-state index in [-0.39, 0.29) is 37.3 Å². The van der Waals surface area contributed by atoms with Crippen LogP contribution < -0.4 is 15.4 Å². The number of anilines is 1. The first-order valence-corrected chi connectivity index (χ1v) is 10.9. The molecule has 0 bridgehead atoms. The molecule has 31 heavy (non-hydrogen) atoms. The highest BCUT2D eigenvalue weighted by Gasteiger charge is 2.25. The number of halogens is 1. The zero-order chi connectivity index (χ0) is 21.6. The Morgan fingerprint density at radius 2 is 1.84 bits per heavy atom. The smallest absolute Gasteiger partial charge is 0.263 e. The van der Waals surface area contributed by atoms with Crippen molar-refractivity contribution in [2.24, 2.45) is 0 Å². The maximum Gasteiger partial charge on any atom is 0.263 e. The van der Waals surface area contributed by atoms with E-state index in [4.69, 9.17) is 4.74 Å². The summed E-state index contributed by atoms with van der Waals surface area (Å²) < 4.78 is 20.0. The number of carbonyl (C=O) groups excluding carboxylic acids is 2. The molecule has 1 aromatic heterocycles. The predicted octanol–water partition coefficient (Wildman–Crippen LogP) is 3.10. The van der Waals surface area contributed by atoms with E-state index in [9.17, 15) is 14.0 Å². The number of nitrogens with zero attached hydrogens (tertiary/aromatic N) is 2. The monoisotopic (exact) mass is 440 g/mol. The molecule has 2 aromatic carbocycles. The molecule has 2 N–H and O–H groups in total. The van der Waals surface area contributed by atoms with Crippen molar-refractivity contribution in [3.05, 3.63) is 77.2 Å². The summed E-state index contributed by atoms with van der Waals surface area (Å²) in [7, 11) is 0. The maximum atomic E-state index is 13.0. The normalized spacial score (nSPS) is 12.3. The molecule has 1 aliphatic rings. The number of hydrogen-bond donors (Lipinski definition) is 2. The van der Waals surface area contributed by atoms with E-state index in [1.165, 1.54) is 16.8 Å². The Kier molecular flexibility index (Phi) is 6.51. The van der Waals surface area contributed by atoms with E-state index in [0.29, 0.717) is 11.6 Å². The third-order valence-corrected chi connectivity index (χ3v) is 5.66. The van der Waals surface area contributed by atoms with Crippen LogP contribution in [0.4, 0.5) is 10.2 Å². The van der Waals surface area contributed by atoms with Gasteiger partial charge in [-0.3, -0.25) is 9.59 Å². The van der Waals surface area contributed by atoms with E-state index in [0.717, 1.165) is 28.3 Å². The molecule has 4 rings (SSSR count). The van der Waals surface area contributed by atoms with E-state index in [2.05, 4.69) is 15.7 Å². The number of ether oxygens (including phenoxy) is 1. The standard InChI is InChI=1S/C22H21FN4O3S/c23-16-8-6-15(7-9-16)10-24-20(28)11-27-22(18-13-31-14-19(18)26-27)25-21(29)12-30-17-4-2-1-3-5-17/h1-9H,10-14H2,(H,24,28)(H,25,29). The van der Waals surface area contributed by atoms with Gasteiger partial charge >= 0.3 is 0 Å². The van der Waals surface area contributed by atoms with Gasteiger partial charge in [0.15, 0.2) is 6.61 Å². The second-order valence-corrected chi connectivity index (χ2v) is 7.96. The first-order chi connectivity index (χ1) is 15.1. The molecule has 0 unspecified atom stereocenters. The number of rotatable bonds is 8. The molecular formula is C22H21FN4O3S. The zero-order valence-corrected chi connectivity index (χ0v) is 17.5. The third-order valence-electron chi connectivity index (χ3n) is 4.69. The third kappa shape index (κ3) is 5.43. The lowest BCUT2D eigenvalue weighted by Gasteiger charge is -2.12. The molecule has 0 spiro atoms. The Morgan fingerprint density at radius 1 is 1.06 bits per heavy atom. The number of amides is 2. The van der Waals surface area contributed by atoms with Crippen LogP contribution in [0.3, 0.4) is 0 Å².